The summed E-state index contributed by atoms with van der Waals surface area (Å²) in [7, 11) is 0. The maximum absolute atomic E-state index is 2.36. The first kappa shape index (κ1) is 27.2. The molecule has 0 bridgehead atoms. The summed E-state index contributed by atoms with van der Waals surface area (Å²) in [6, 6.07) is 35.4. The standard InChI is InChI=1S/C40H38/c1-3-14-33(34-17-8-5-6-9-18-34)21-13-16-32-28-39(30-40(29-32)38-22-12-15-31(4-2)27-38)37-25-23-36(24-26-37)35-19-10-7-11-20-35/h3,7-8,10-30H,4-6,9H2,1-2H3/b14-3-,16-13+,33-21+. The molecule has 198 valence electrons. The first-order valence-electron chi connectivity index (χ1n) is 14.5. The van der Waals surface area contributed by atoms with Crippen LogP contribution in [0.5, 0.6) is 0 Å². The molecule has 0 spiro atoms. The van der Waals surface area contributed by atoms with E-state index in [9.17, 15) is 0 Å². The van der Waals surface area contributed by atoms with Crippen molar-refractivity contribution in [3.05, 3.63) is 162 Å². The Bertz CT molecular complexity index is 1570. The lowest BCUT2D eigenvalue weighted by atomic mass is 9.94. The lowest BCUT2D eigenvalue weighted by molar-refractivity contribution is 0.874. The zero-order chi connectivity index (χ0) is 27.6. The Balaban J connectivity index is 1.53. The first-order valence-corrected chi connectivity index (χ1v) is 14.5. The van der Waals surface area contributed by atoms with Gasteiger partial charge in [0.15, 0.2) is 0 Å². The third-order valence-corrected chi connectivity index (χ3v) is 7.43. The van der Waals surface area contributed by atoms with Gasteiger partial charge in [-0.15, -0.1) is 0 Å². The van der Waals surface area contributed by atoms with Crippen LogP contribution in [-0.2, 0) is 6.42 Å². The summed E-state index contributed by atoms with van der Waals surface area (Å²) in [4.78, 5) is 0. The quantitative estimate of drug-likeness (QED) is 0.203. The van der Waals surface area contributed by atoms with Crippen LogP contribution in [0.4, 0.5) is 0 Å². The van der Waals surface area contributed by atoms with Gasteiger partial charge in [0, 0.05) is 0 Å². The second-order valence-electron chi connectivity index (χ2n) is 10.3. The van der Waals surface area contributed by atoms with Gasteiger partial charge in [0.25, 0.3) is 0 Å². The van der Waals surface area contributed by atoms with E-state index < -0.39 is 0 Å². The summed E-state index contributed by atoms with van der Waals surface area (Å²) < 4.78 is 0. The van der Waals surface area contributed by atoms with E-state index >= 15 is 0 Å². The maximum atomic E-state index is 2.36. The fourth-order valence-corrected chi connectivity index (χ4v) is 5.21. The highest BCUT2D eigenvalue weighted by molar-refractivity contribution is 5.78. The van der Waals surface area contributed by atoms with Gasteiger partial charge < -0.3 is 0 Å². The average molecular weight is 519 g/mol. The van der Waals surface area contributed by atoms with Crippen molar-refractivity contribution >= 4 is 6.08 Å². The van der Waals surface area contributed by atoms with Crippen molar-refractivity contribution in [2.75, 3.05) is 0 Å². The Kier molecular flexibility index (Phi) is 9.22. The molecule has 0 nitrogen and oxygen atoms in total. The van der Waals surface area contributed by atoms with Gasteiger partial charge in [0.1, 0.15) is 0 Å². The highest BCUT2D eigenvalue weighted by Crippen LogP contribution is 2.31. The summed E-state index contributed by atoms with van der Waals surface area (Å²) >= 11 is 0. The van der Waals surface area contributed by atoms with Crippen LogP contribution in [-0.4, -0.2) is 0 Å². The van der Waals surface area contributed by atoms with Crippen molar-refractivity contribution in [3.63, 3.8) is 0 Å². The van der Waals surface area contributed by atoms with E-state index in [-0.39, 0.29) is 0 Å². The van der Waals surface area contributed by atoms with Crippen LogP contribution in [0.1, 0.15) is 44.2 Å². The van der Waals surface area contributed by atoms with Gasteiger partial charge in [-0.3, -0.25) is 0 Å². The number of benzene rings is 4. The number of rotatable bonds is 8. The van der Waals surface area contributed by atoms with Crippen molar-refractivity contribution in [1.82, 2.24) is 0 Å². The minimum Gasteiger partial charge on any atom is -0.0870 e. The SMILES string of the molecule is C\C=C/C(=C\C=C\c1cc(-c2ccc(-c3ccccc3)cc2)cc(-c2cccc(CC)c2)c1)C1=CCCCC=C1. The van der Waals surface area contributed by atoms with Crippen molar-refractivity contribution in [3.8, 4) is 33.4 Å². The van der Waals surface area contributed by atoms with Crippen LogP contribution in [0.15, 0.2) is 151 Å². The number of hydrogen-bond acceptors (Lipinski definition) is 0. The van der Waals surface area contributed by atoms with Gasteiger partial charge in [0.2, 0.25) is 0 Å². The number of allylic oxidation sites excluding steroid dienone is 9. The van der Waals surface area contributed by atoms with E-state index in [1.807, 2.05) is 0 Å². The van der Waals surface area contributed by atoms with Crippen LogP contribution < -0.4 is 0 Å². The largest absolute Gasteiger partial charge is 0.0870 e. The molecule has 5 rings (SSSR count). The minimum atomic E-state index is 1.03. The topological polar surface area (TPSA) is 0 Å². The first-order chi connectivity index (χ1) is 19.7. The summed E-state index contributed by atoms with van der Waals surface area (Å²) in [5, 5.41) is 0. The molecule has 0 fully saturated rings. The molecule has 0 aliphatic heterocycles. The Labute approximate surface area is 240 Å². The van der Waals surface area contributed by atoms with E-state index in [1.54, 1.807) is 0 Å². The Morgan fingerprint density at radius 2 is 1.40 bits per heavy atom. The predicted octanol–water partition coefficient (Wildman–Crippen LogP) is 11.4. The molecule has 0 heterocycles. The molecule has 40 heavy (non-hydrogen) atoms. The molecule has 0 saturated heterocycles. The van der Waals surface area contributed by atoms with E-state index in [0.717, 1.165) is 19.3 Å². The molecule has 0 amide bonds. The summed E-state index contributed by atoms with van der Waals surface area (Å²) in [5.41, 5.74) is 12.5. The fraction of sp³-hybridized carbons (Fsp3) is 0.150. The Hall–Kier alpha value is -4.42. The van der Waals surface area contributed by atoms with Crippen molar-refractivity contribution < 1.29 is 0 Å². The Morgan fingerprint density at radius 1 is 0.700 bits per heavy atom. The van der Waals surface area contributed by atoms with Gasteiger partial charge in [-0.25, -0.2) is 0 Å². The maximum Gasteiger partial charge on any atom is -0.0172 e. The van der Waals surface area contributed by atoms with Crippen molar-refractivity contribution in [2.45, 2.75) is 39.5 Å². The lowest BCUT2D eigenvalue weighted by Gasteiger charge is -2.11. The molecule has 4 aromatic rings. The lowest BCUT2D eigenvalue weighted by Crippen LogP contribution is -1.87. The van der Waals surface area contributed by atoms with Crippen LogP contribution in [0.25, 0.3) is 39.5 Å². The van der Waals surface area contributed by atoms with Crippen molar-refractivity contribution in [1.29, 1.82) is 0 Å². The van der Waals surface area contributed by atoms with Gasteiger partial charge in [-0.05, 0) is 106 Å². The van der Waals surface area contributed by atoms with E-state index in [0.29, 0.717) is 0 Å². The molecule has 0 unspecified atom stereocenters. The fourth-order valence-electron chi connectivity index (χ4n) is 5.21. The van der Waals surface area contributed by atoms with Gasteiger partial charge in [-0.2, -0.15) is 0 Å². The molecule has 0 radical (unpaired) electrons. The molecule has 1 aliphatic rings. The molecule has 0 heteroatoms. The predicted molar refractivity (Wildman–Crippen MR) is 175 cm³/mol. The van der Waals surface area contributed by atoms with Crippen LogP contribution in [0.2, 0.25) is 0 Å². The minimum absolute atomic E-state index is 1.03. The Morgan fingerprint density at radius 3 is 2.15 bits per heavy atom. The van der Waals surface area contributed by atoms with Crippen LogP contribution >= 0.6 is 0 Å². The van der Waals surface area contributed by atoms with Crippen LogP contribution in [0.3, 0.4) is 0 Å². The zero-order valence-electron chi connectivity index (χ0n) is 23.7. The summed E-state index contributed by atoms with van der Waals surface area (Å²) in [5.74, 6) is 0. The molecule has 0 atom stereocenters. The summed E-state index contributed by atoms with van der Waals surface area (Å²) in [6.45, 7) is 4.30. The monoisotopic (exact) mass is 518 g/mol. The van der Waals surface area contributed by atoms with E-state index in [4.69, 9.17) is 0 Å². The molecule has 0 N–H and O–H groups in total. The number of aryl methyl sites for hydroxylation is 1. The molecular formula is C40H38. The van der Waals surface area contributed by atoms with Crippen LogP contribution in [0, 0.1) is 0 Å². The van der Waals surface area contributed by atoms with Gasteiger partial charge >= 0.3 is 0 Å². The smallest absolute Gasteiger partial charge is 0.0172 e. The third-order valence-electron chi connectivity index (χ3n) is 7.43. The number of hydrogen-bond donors (Lipinski definition) is 0. The molecule has 4 aromatic carbocycles. The van der Waals surface area contributed by atoms with Gasteiger partial charge in [-0.1, -0.05) is 134 Å². The average Bonchev–Trinajstić information content (AvgIpc) is 3.31. The van der Waals surface area contributed by atoms with Gasteiger partial charge in [0.05, 0.1) is 0 Å². The van der Waals surface area contributed by atoms with Crippen molar-refractivity contribution in [2.24, 2.45) is 0 Å². The second kappa shape index (κ2) is 13.6. The zero-order valence-corrected chi connectivity index (χ0v) is 23.7. The highest BCUT2D eigenvalue weighted by Gasteiger charge is 2.07. The van der Waals surface area contributed by atoms with E-state index in [2.05, 4.69) is 160 Å². The third kappa shape index (κ3) is 6.96. The molecule has 0 aromatic heterocycles. The second-order valence-corrected chi connectivity index (χ2v) is 10.3. The normalized spacial score (nSPS) is 14.1. The molecular weight excluding hydrogens is 480 g/mol. The highest BCUT2D eigenvalue weighted by atomic mass is 14.1. The summed E-state index contributed by atoms with van der Waals surface area (Å²) in [6.07, 6.45) is 22.5. The van der Waals surface area contributed by atoms with E-state index in [1.165, 1.54) is 62.1 Å². The molecule has 1 aliphatic carbocycles. The molecule has 0 saturated carbocycles.